The molecule has 0 fully saturated rings. The van der Waals surface area contributed by atoms with Gasteiger partial charge in [0.15, 0.2) is 0 Å². The van der Waals surface area contributed by atoms with Crippen molar-refractivity contribution in [3.8, 4) is 5.75 Å². The van der Waals surface area contributed by atoms with Crippen molar-refractivity contribution in [1.82, 2.24) is 0 Å². The van der Waals surface area contributed by atoms with Crippen LogP contribution in [0, 0.1) is 0 Å². The summed E-state index contributed by atoms with van der Waals surface area (Å²) in [7, 11) is 0. The van der Waals surface area contributed by atoms with Crippen LogP contribution in [0.3, 0.4) is 0 Å². The maximum Gasteiger partial charge on any atom is 0.323 e. The lowest BCUT2D eigenvalue weighted by molar-refractivity contribution is 0.242. The highest BCUT2D eigenvalue weighted by atomic mass is 16.5. The van der Waals surface area contributed by atoms with Gasteiger partial charge in [-0.25, -0.2) is 4.79 Å². The summed E-state index contributed by atoms with van der Waals surface area (Å²) in [6.45, 7) is 6.01. The van der Waals surface area contributed by atoms with Crippen molar-refractivity contribution < 1.29 is 9.53 Å². The number of ether oxygens (including phenoxy) is 1. The monoisotopic (exact) mass is 298 g/mol. The summed E-state index contributed by atoms with van der Waals surface area (Å²) < 4.78 is 5.61. The molecular formula is C18H22N2O2. The number of urea groups is 1. The Bertz CT molecular complexity index is 638. The van der Waals surface area contributed by atoms with Gasteiger partial charge in [-0.2, -0.15) is 0 Å². The highest BCUT2D eigenvalue weighted by Gasteiger charge is 2.05. The van der Waals surface area contributed by atoms with Crippen LogP contribution in [0.15, 0.2) is 48.5 Å². The zero-order chi connectivity index (χ0) is 15.9. The third kappa shape index (κ3) is 4.81. The van der Waals surface area contributed by atoms with Crippen LogP contribution >= 0.6 is 0 Å². The minimum Gasteiger partial charge on any atom is -0.491 e. The predicted octanol–water partition coefficient (Wildman–Crippen LogP) is 4.68. The van der Waals surface area contributed by atoms with E-state index in [0.717, 1.165) is 17.9 Å². The molecule has 2 aromatic rings. The first-order valence-electron chi connectivity index (χ1n) is 7.50. The number of anilines is 2. The number of hydrogen-bond acceptors (Lipinski definition) is 2. The van der Waals surface area contributed by atoms with Gasteiger partial charge in [0.05, 0.1) is 6.10 Å². The molecule has 22 heavy (non-hydrogen) atoms. The Morgan fingerprint density at radius 1 is 1.05 bits per heavy atom. The number of amides is 2. The molecule has 2 aromatic carbocycles. The number of nitrogens with one attached hydrogen (secondary N) is 2. The van der Waals surface area contributed by atoms with Gasteiger partial charge >= 0.3 is 6.03 Å². The van der Waals surface area contributed by atoms with Crippen molar-refractivity contribution in [3.05, 3.63) is 54.1 Å². The average Bonchev–Trinajstić information content (AvgIpc) is 2.47. The second kappa shape index (κ2) is 7.50. The topological polar surface area (TPSA) is 50.4 Å². The average molecular weight is 298 g/mol. The Morgan fingerprint density at radius 2 is 1.68 bits per heavy atom. The van der Waals surface area contributed by atoms with Crippen molar-refractivity contribution >= 4 is 17.4 Å². The molecule has 0 heterocycles. The van der Waals surface area contributed by atoms with Crippen LogP contribution in [-0.2, 0) is 6.42 Å². The van der Waals surface area contributed by atoms with Crippen molar-refractivity contribution in [2.75, 3.05) is 10.6 Å². The van der Waals surface area contributed by atoms with E-state index in [1.807, 2.05) is 62.4 Å². The zero-order valence-electron chi connectivity index (χ0n) is 13.2. The third-order valence-electron chi connectivity index (χ3n) is 3.06. The predicted molar refractivity (Wildman–Crippen MR) is 90.7 cm³/mol. The summed E-state index contributed by atoms with van der Waals surface area (Å²) in [5.74, 6) is 0.737. The number of benzene rings is 2. The van der Waals surface area contributed by atoms with Gasteiger partial charge in [0.25, 0.3) is 0 Å². The van der Waals surface area contributed by atoms with Gasteiger partial charge < -0.3 is 15.4 Å². The van der Waals surface area contributed by atoms with Gasteiger partial charge in [-0.3, -0.25) is 0 Å². The first-order chi connectivity index (χ1) is 10.6. The maximum atomic E-state index is 12.1. The van der Waals surface area contributed by atoms with Gasteiger partial charge in [-0.1, -0.05) is 25.1 Å². The standard InChI is InChI=1S/C18H22N2O2/c1-4-14-7-5-8-15(11-14)19-18(21)20-16-9-6-10-17(12-16)22-13(2)3/h5-13H,4H2,1-3H3,(H2,19,20,21). The van der Waals surface area contributed by atoms with Crippen molar-refractivity contribution in [2.24, 2.45) is 0 Å². The Labute approximate surface area is 131 Å². The molecule has 0 radical (unpaired) electrons. The molecule has 2 rings (SSSR count). The van der Waals surface area contributed by atoms with E-state index in [1.54, 1.807) is 0 Å². The summed E-state index contributed by atoms with van der Waals surface area (Å²) >= 11 is 0. The molecule has 0 atom stereocenters. The van der Waals surface area contributed by atoms with Crippen LogP contribution in [0.2, 0.25) is 0 Å². The molecule has 116 valence electrons. The minimum absolute atomic E-state index is 0.0980. The van der Waals surface area contributed by atoms with Crippen LogP contribution in [0.4, 0.5) is 16.2 Å². The van der Waals surface area contributed by atoms with E-state index < -0.39 is 0 Å². The fourth-order valence-corrected chi connectivity index (χ4v) is 2.08. The zero-order valence-corrected chi connectivity index (χ0v) is 13.2. The molecule has 0 aliphatic carbocycles. The number of hydrogen-bond donors (Lipinski definition) is 2. The van der Waals surface area contributed by atoms with E-state index in [-0.39, 0.29) is 12.1 Å². The number of carbonyl (C=O) groups excluding carboxylic acids is 1. The molecule has 0 bridgehead atoms. The highest BCUT2D eigenvalue weighted by molar-refractivity contribution is 5.99. The summed E-state index contributed by atoms with van der Waals surface area (Å²) in [5, 5.41) is 5.65. The normalized spacial score (nSPS) is 10.4. The van der Waals surface area contributed by atoms with Crippen molar-refractivity contribution in [3.63, 3.8) is 0 Å². The summed E-state index contributed by atoms with van der Waals surface area (Å²) in [6, 6.07) is 14.9. The number of aryl methyl sites for hydroxylation is 1. The van der Waals surface area contributed by atoms with Gasteiger partial charge in [0, 0.05) is 17.4 Å². The van der Waals surface area contributed by atoms with Crippen LogP contribution in [0.25, 0.3) is 0 Å². The molecule has 2 N–H and O–H groups in total. The lowest BCUT2D eigenvalue weighted by Crippen LogP contribution is -2.19. The molecule has 4 nitrogen and oxygen atoms in total. The molecule has 0 saturated carbocycles. The highest BCUT2D eigenvalue weighted by Crippen LogP contribution is 2.19. The molecule has 2 amide bonds. The third-order valence-corrected chi connectivity index (χ3v) is 3.06. The molecular weight excluding hydrogens is 276 g/mol. The van der Waals surface area contributed by atoms with E-state index in [2.05, 4.69) is 17.6 Å². The van der Waals surface area contributed by atoms with E-state index in [9.17, 15) is 4.79 Å². The van der Waals surface area contributed by atoms with Gasteiger partial charge in [0.2, 0.25) is 0 Å². The summed E-state index contributed by atoms with van der Waals surface area (Å²) in [5.41, 5.74) is 2.67. The smallest absolute Gasteiger partial charge is 0.323 e. The largest absolute Gasteiger partial charge is 0.491 e. The first-order valence-corrected chi connectivity index (χ1v) is 7.50. The van der Waals surface area contributed by atoms with Gasteiger partial charge in [-0.05, 0) is 50.1 Å². The quantitative estimate of drug-likeness (QED) is 0.842. The van der Waals surface area contributed by atoms with E-state index in [4.69, 9.17) is 4.74 Å². The minimum atomic E-state index is -0.269. The fraction of sp³-hybridized carbons (Fsp3) is 0.278. The lowest BCUT2D eigenvalue weighted by Gasteiger charge is -2.12. The Hall–Kier alpha value is -2.49. The van der Waals surface area contributed by atoms with Gasteiger partial charge in [-0.15, -0.1) is 0 Å². The second-order valence-corrected chi connectivity index (χ2v) is 5.33. The van der Waals surface area contributed by atoms with Crippen LogP contribution in [0.1, 0.15) is 26.3 Å². The number of rotatable bonds is 5. The van der Waals surface area contributed by atoms with Crippen LogP contribution < -0.4 is 15.4 Å². The van der Waals surface area contributed by atoms with E-state index in [0.29, 0.717) is 5.69 Å². The Morgan fingerprint density at radius 3 is 2.32 bits per heavy atom. The van der Waals surface area contributed by atoms with Crippen LogP contribution in [-0.4, -0.2) is 12.1 Å². The first kappa shape index (κ1) is 15.9. The Kier molecular flexibility index (Phi) is 5.42. The lowest BCUT2D eigenvalue weighted by atomic mass is 10.1. The number of carbonyl (C=O) groups is 1. The summed E-state index contributed by atoms with van der Waals surface area (Å²) in [4.78, 5) is 12.1. The van der Waals surface area contributed by atoms with Crippen LogP contribution in [0.5, 0.6) is 5.75 Å². The molecule has 0 saturated heterocycles. The maximum absolute atomic E-state index is 12.1. The molecule has 0 aromatic heterocycles. The molecule has 0 spiro atoms. The SMILES string of the molecule is CCc1cccc(NC(=O)Nc2cccc(OC(C)C)c2)c1. The fourth-order valence-electron chi connectivity index (χ4n) is 2.08. The van der Waals surface area contributed by atoms with Crippen molar-refractivity contribution in [1.29, 1.82) is 0 Å². The Balaban J connectivity index is 1.99. The van der Waals surface area contributed by atoms with E-state index in [1.165, 1.54) is 5.56 Å². The molecule has 0 aliphatic heterocycles. The molecule has 0 aliphatic rings. The second-order valence-electron chi connectivity index (χ2n) is 5.33. The van der Waals surface area contributed by atoms with Crippen molar-refractivity contribution in [2.45, 2.75) is 33.3 Å². The van der Waals surface area contributed by atoms with E-state index >= 15 is 0 Å². The van der Waals surface area contributed by atoms with Gasteiger partial charge in [0.1, 0.15) is 5.75 Å². The molecule has 0 unspecified atom stereocenters. The summed E-state index contributed by atoms with van der Waals surface area (Å²) in [6.07, 6.45) is 1.03. The molecule has 4 heteroatoms.